The van der Waals surface area contributed by atoms with Crippen LogP contribution in [0.25, 0.3) is 0 Å². The first kappa shape index (κ1) is 16.7. The van der Waals surface area contributed by atoms with Crippen LogP contribution in [0.5, 0.6) is 0 Å². The average Bonchev–Trinajstić information content (AvgIpc) is 2.42. The van der Waals surface area contributed by atoms with E-state index in [1.807, 2.05) is 4.90 Å². The summed E-state index contributed by atoms with van der Waals surface area (Å²) in [6.45, 7) is 9.63. The number of nitrogens with one attached hydrogen (secondary N) is 2. The van der Waals surface area contributed by atoms with E-state index < -0.39 is 0 Å². The number of hydrogen-bond acceptors (Lipinski definition) is 2. The number of amides is 2. The lowest BCUT2D eigenvalue weighted by atomic mass is 9.89. The third kappa shape index (κ3) is 4.19. The van der Waals surface area contributed by atoms with Crippen LogP contribution in [-0.2, 0) is 0 Å². The Morgan fingerprint density at radius 3 is 2.50 bits per heavy atom. The molecule has 1 aliphatic heterocycles. The Morgan fingerprint density at radius 2 is 1.95 bits per heavy atom. The molecule has 0 atom stereocenters. The number of carbonyl (C=O) groups is 1. The molecule has 4 nitrogen and oxygen atoms in total. The SMILES string of the molecule is Cc1cc(NC(=O)N2CCC(C)(NC(C)C)CC2)ccc1F. The minimum Gasteiger partial charge on any atom is -0.324 e. The number of urea groups is 1. The maximum absolute atomic E-state index is 13.3. The van der Waals surface area contributed by atoms with Crippen molar-refractivity contribution in [2.75, 3.05) is 18.4 Å². The van der Waals surface area contributed by atoms with Crippen LogP contribution in [0.3, 0.4) is 0 Å². The van der Waals surface area contributed by atoms with Crippen molar-refractivity contribution < 1.29 is 9.18 Å². The summed E-state index contributed by atoms with van der Waals surface area (Å²) in [7, 11) is 0. The minimum absolute atomic E-state index is 0.0947. The number of hydrogen-bond donors (Lipinski definition) is 2. The molecule has 2 rings (SSSR count). The monoisotopic (exact) mass is 307 g/mol. The lowest BCUT2D eigenvalue weighted by Crippen LogP contribution is -2.55. The fourth-order valence-corrected chi connectivity index (χ4v) is 2.97. The Bertz CT molecular complexity index is 537. The van der Waals surface area contributed by atoms with Crippen LogP contribution >= 0.6 is 0 Å². The lowest BCUT2D eigenvalue weighted by molar-refractivity contribution is 0.153. The summed E-state index contributed by atoms with van der Waals surface area (Å²) < 4.78 is 13.3. The first-order chi connectivity index (χ1) is 10.3. The zero-order chi connectivity index (χ0) is 16.3. The predicted octanol–water partition coefficient (Wildman–Crippen LogP) is 3.52. The molecule has 0 aromatic heterocycles. The highest BCUT2D eigenvalue weighted by Crippen LogP contribution is 2.23. The third-order valence-corrected chi connectivity index (χ3v) is 4.20. The second kappa shape index (κ2) is 6.65. The Balaban J connectivity index is 1.91. The van der Waals surface area contributed by atoms with Crippen molar-refractivity contribution in [1.82, 2.24) is 10.2 Å². The minimum atomic E-state index is -0.258. The van der Waals surface area contributed by atoms with Gasteiger partial charge in [-0.3, -0.25) is 0 Å². The van der Waals surface area contributed by atoms with E-state index in [9.17, 15) is 9.18 Å². The standard InChI is InChI=1S/C17H26FN3O/c1-12(2)20-17(4)7-9-21(10-8-17)16(22)19-14-5-6-15(18)13(3)11-14/h5-6,11-12,20H,7-10H2,1-4H3,(H,19,22). The number of nitrogens with zero attached hydrogens (tertiary/aromatic N) is 1. The third-order valence-electron chi connectivity index (χ3n) is 4.20. The van der Waals surface area contributed by atoms with E-state index in [2.05, 4.69) is 31.4 Å². The normalized spacial score (nSPS) is 17.6. The van der Waals surface area contributed by atoms with E-state index in [1.54, 1.807) is 19.1 Å². The number of halogens is 1. The van der Waals surface area contributed by atoms with E-state index >= 15 is 0 Å². The molecular formula is C17H26FN3O. The van der Waals surface area contributed by atoms with Gasteiger partial charge >= 0.3 is 6.03 Å². The second-order valence-corrected chi connectivity index (χ2v) is 6.74. The van der Waals surface area contributed by atoms with Crippen molar-refractivity contribution >= 4 is 11.7 Å². The molecule has 22 heavy (non-hydrogen) atoms. The number of aryl methyl sites for hydroxylation is 1. The molecule has 5 heteroatoms. The molecule has 2 amide bonds. The highest BCUT2D eigenvalue weighted by atomic mass is 19.1. The Labute approximate surface area is 132 Å². The zero-order valence-electron chi connectivity index (χ0n) is 13.9. The first-order valence-electron chi connectivity index (χ1n) is 7.89. The van der Waals surface area contributed by atoms with Crippen molar-refractivity contribution in [1.29, 1.82) is 0 Å². The summed E-state index contributed by atoms with van der Waals surface area (Å²) >= 11 is 0. The van der Waals surface area contributed by atoms with Gasteiger partial charge in [0.2, 0.25) is 0 Å². The first-order valence-corrected chi connectivity index (χ1v) is 7.89. The topological polar surface area (TPSA) is 44.4 Å². The van der Waals surface area contributed by atoms with Gasteiger partial charge in [-0.15, -0.1) is 0 Å². The van der Waals surface area contributed by atoms with Crippen molar-refractivity contribution in [2.24, 2.45) is 0 Å². The van der Waals surface area contributed by atoms with Gasteiger partial charge in [-0.1, -0.05) is 13.8 Å². The molecule has 0 bridgehead atoms. The van der Waals surface area contributed by atoms with E-state index in [-0.39, 0.29) is 17.4 Å². The number of rotatable bonds is 3. The number of likely N-dealkylation sites (tertiary alicyclic amines) is 1. The molecular weight excluding hydrogens is 281 g/mol. The number of anilines is 1. The lowest BCUT2D eigenvalue weighted by Gasteiger charge is -2.41. The van der Waals surface area contributed by atoms with Crippen LogP contribution in [0, 0.1) is 12.7 Å². The smallest absolute Gasteiger partial charge is 0.321 e. The molecule has 1 aliphatic rings. The molecule has 122 valence electrons. The van der Waals surface area contributed by atoms with Gasteiger partial charge in [0, 0.05) is 30.4 Å². The van der Waals surface area contributed by atoms with Gasteiger partial charge in [-0.25, -0.2) is 9.18 Å². The summed E-state index contributed by atoms with van der Waals surface area (Å²) in [5, 5.41) is 6.43. The molecule has 2 N–H and O–H groups in total. The van der Waals surface area contributed by atoms with E-state index in [4.69, 9.17) is 0 Å². The molecule has 1 saturated heterocycles. The zero-order valence-corrected chi connectivity index (χ0v) is 13.9. The van der Waals surface area contributed by atoms with Gasteiger partial charge in [0.1, 0.15) is 5.82 Å². The number of carbonyl (C=O) groups excluding carboxylic acids is 1. The van der Waals surface area contributed by atoms with Crippen LogP contribution in [-0.4, -0.2) is 35.6 Å². The molecule has 0 radical (unpaired) electrons. The van der Waals surface area contributed by atoms with Gasteiger partial charge in [0.05, 0.1) is 0 Å². The van der Waals surface area contributed by atoms with Crippen molar-refractivity contribution in [3.63, 3.8) is 0 Å². The van der Waals surface area contributed by atoms with Gasteiger partial charge in [-0.2, -0.15) is 0 Å². The van der Waals surface area contributed by atoms with Gasteiger partial charge < -0.3 is 15.5 Å². The molecule has 1 aromatic carbocycles. The van der Waals surface area contributed by atoms with Crippen LogP contribution in [0.4, 0.5) is 14.9 Å². The Kier molecular flexibility index (Phi) is 5.06. The molecule has 0 aliphatic carbocycles. The molecule has 0 spiro atoms. The van der Waals surface area contributed by atoms with Crippen LogP contribution in [0.2, 0.25) is 0 Å². The second-order valence-electron chi connectivity index (χ2n) is 6.74. The number of piperidine rings is 1. The van der Waals surface area contributed by atoms with E-state index in [0.29, 0.717) is 17.3 Å². The molecule has 1 fully saturated rings. The van der Waals surface area contributed by atoms with Crippen LogP contribution in [0.15, 0.2) is 18.2 Å². The van der Waals surface area contributed by atoms with E-state index in [1.165, 1.54) is 6.07 Å². The quantitative estimate of drug-likeness (QED) is 0.897. The maximum Gasteiger partial charge on any atom is 0.321 e. The van der Waals surface area contributed by atoms with Crippen LogP contribution in [0.1, 0.15) is 39.2 Å². The highest BCUT2D eigenvalue weighted by molar-refractivity contribution is 5.89. The van der Waals surface area contributed by atoms with E-state index in [0.717, 1.165) is 25.9 Å². The Morgan fingerprint density at radius 1 is 1.32 bits per heavy atom. The maximum atomic E-state index is 13.3. The van der Waals surface area contributed by atoms with Crippen molar-refractivity contribution in [2.45, 2.75) is 52.1 Å². The average molecular weight is 307 g/mol. The fraction of sp³-hybridized carbons (Fsp3) is 0.588. The van der Waals surface area contributed by atoms with Crippen molar-refractivity contribution in [3.05, 3.63) is 29.6 Å². The largest absolute Gasteiger partial charge is 0.324 e. The summed E-state index contributed by atoms with van der Waals surface area (Å²) in [5.41, 5.74) is 1.26. The molecule has 1 heterocycles. The summed E-state index contributed by atoms with van der Waals surface area (Å²) in [4.78, 5) is 14.1. The summed E-state index contributed by atoms with van der Waals surface area (Å²) in [5.74, 6) is -0.258. The van der Waals surface area contributed by atoms with Gasteiger partial charge in [0.25, 0.3) is 0 Å². The Hall–Kier alpha value is -1.62. The van der Waals surface area contributed by atoms with Gasteiger partial charge in [-0.05, 0) is 50.5 Å². The van der Waals surface area contributed by atoms with Crippen LogP contribution < -0.4 is 10.6 Å². The highest BCUT2D eigenvalue weighted by Gasteiger charge is 2.32. The molecule has 0 saturated carbocycles. The number of benzene rings is 1. The predicted molar refractivity (Wildman–Crippen MR) is 87.6 cm³/mol. The van der Waals surface area contributed by atoms with Crippen molar-refractivity contribution in [3.8, 4) is 0 Å². The molecule has 1 aromatic rings. The summed E-state index contributed by atoms with van der Waals surface area (Å²) in [6.07, 6.45) is 1.86. The summed E-state index contributed by atoms with van der Waals surface area (Å²) in [6, 6.07) is 4.95. The van der Waals surface area contributed by atoms with Gasteiger partial charge in [0.15, 0.2) is 0 Å². The fourth-order valence-electron chi connectivity index (χ4n) is 2.97. The molecule has 0 unspecified atom stereocenters.